The number of ether oxygens (including phenoxy) is 1. The molecule has 1 saturated heterocycles. The molecule has 0 atom stereocenters. The zero-order valence-electron chi connectivity index (χ0n) is 20.5. The molecule has 4 aromatic rings. The first-order valence-corrected chi connectivity index (χ1v) is 14.0. The molecular weight excluding hydrogens is 570 g/mol. The third-order valence-electron chi connectivity index (χ3n) is 6.14. The van der Waals surface area contributed by atoms with Gasteiger partial charge in [-0.3, -0.25) is 4.98 Å². The minimum atomic E-state index is -3.60. The Hall–Kier alpha value is -3.54. The van der Waals surface area contributed by atoms with E-state index in [0.29, 0.717) is 65.1 Å². The number of anilines is 4. The molecule has 11 nitrogen and oxygen atoms in total. The molecule has 2 aromatic heterocycles. The lowest BCUT2D eigenvalue weighted by Crippen LogP contribution is -2.42. The van der Waals surface area contributed by atoms with E-state index in [1.165, 1.54) is 39.6 Å². The van der Waals surface area contributed by atoms with E-state index in [9.17, 15) is 18.1 Å². The summed E-state index contributed by atoms with van der Waals surface area (Å²) >= 11 is 12.5. The second-order valence-corrected chi connectivity index (χ2v) is 11.4. The van der Waals surface area contributed by atoms with Crippen LogP contribution < -0.4 is 10.2 Å². The molecule has 0 amide bonds. The minimum Gasteiger partial charge on any atom is -0.379 e. The van der Waals surface area contributed by atoms with E-state index in [1.54, 1.807) is 24.1 Å². The number of rotatable bonds is 7. The van der Waals surface area contributed by atoms with Gasteiger partial charge in [-0.1, -0.05) is 28.4 Å². The highest BCUT2D eigenvalue weighted by molar-refractivity contribution is 7.88. The maximum Gasteiger partial charge on any atom is 0.234 e. The van der Waals surface area contributed by atoms with E-state index in [2.05, 4.69) is 26.7 Å². The summed E-state index contributed by atoms with van der Waals surface area (Å²) in [5, 5.41) is 21.7. The van der Waals surface area contributed by atoms with Crippen LogP contribution >= 0.6 is 23.2 Å². The zero-order chi connectivity index (χ0) is 27.7. The maximum atomic E-state index is 13.7. The molecule has 0 radical (unpaired) electrons. The number of hydrogen-bond donors (Lipinski definition) is 1. The summed E-state index contributed by atoms with van der Waals surface area (Å²) in [4.78, 5) is 6.01. The highest BCUT2D eigenvalue weighted by Crippen LogP contribution is 2.37. The Morgan fingerprint density at radius 1 is 1.21 bits per heavy atom. The Labute approximate surface area is 233 Å². The molecule has 1 N–H and O–H groups in total. The van der Waals surface area contributed by atoms with Crippen molar-refractivity contribution in [2.75, 3.05) is 43.6 Å². The van der Waals surface area contributed by atoms with Crippen LogP contribution in [0.15, 0.2) is 42.7 Å². The van der Waals surface area contributed by atoms with E-state index in [4.69, 9.17) is 27.9 Å². The number of pyridine rings is 1. The number of morpholine rings is 1. The van der Waals surface area contributed by atoms with Gasteiger partial charge in [0, 0.05) is 43.1 Å². The first-order chi connectivity index (χ1) is 18.7. The SMILES string of the molecule is CN(c1cc(Cl)c2ncc(C#N)c(Nc3ccc(F)c(Cl)c3)c2c1)c1cn(CS(=O)(=O)N2CCOCC2)nn1. The van der Waals surface area contributed by atoms with Crippen molar-refractivity contribution >= 4 is 67.0 Å². The van der Waals surface area contributed by atoms with Crippen LogP contribution in [0.4, 0.5) is 27.3 Å². The van der Waals surface area contributed by atoms with Crippen molar-refractivity contribution < 1.29 is 17.5 Å². The van der Waals surface area contributed by atoms with Crippen LogP contribution in [0, 0.1) is 17.1 Å². The molecule has 0 saturated carbocycles. The summed E-state index contributed by atoms with van der Waals surface area (Å²) in [6.45, 7) is 1.28. The predicted molar refractivity (Wildman–Crippen MR) is 146 cm³/mol. The molecule has 1 aliphatic heterocycles. The van der Waals surface area contributed by atoms with Crippen molar-refractivity contribution in [2.45, 2.75) is 5.88 Å². The minimum absolute atomic E-state index is 0.0750. The second-order valence-electron chi connectivity index (χ2n) is 8.66. The van der Waals surface area contributed by atoms with E-state index < -0.39 is 15.8 Å². The lowest BCUT2D eigenvalue weighted by molar-refractivity contribution is 0.0726. The van der Waals surface area contributed by atoms with Crippen LogP contribution in [0.1, 0.15) is 5.56 Å². The molecular formula is C24H21Cl2FN8O3S. The van der Waals surface area contributed by atoms with Gasteiger partial charge in [-0.25, -0.2) is 17.5 Å². The van der Waals surface area contributed by atoms with Crippen LogP contribution in [-0.4, -0.2) is 66.1 Å². The molecule has 0 bridgehead atoms. The second kappa shape index (κ2) is 10.9. The van der Waals surface area contributed by atoms with Crippen LogP contribution in [0.2, 0.25) is 10.0 Å². The maximum absolute atomic E-state index is 13.7. The number of nitriles is 1. The highest BCUT2D eigenvalue weighted by Gasteiger charge is 2.26. The van der Waals surface area contributed by atoms with Crippen molar-refractivity contribution in [3.05, 3.63) is 64.2 Å². The van der Waals surface area contributed by atoms with Crippen molar-refractivity contribution in [1.29, 1.82) is 5.26 Å². The quantitative estimate of drug-likeness (QED) is 0.335. The highest BCUT2D eigenvalue weighted by atomic mass is 35.5. The van der Waals surface area contributed by atoms with Gasteiger partial charge in [0.05, 0.1) is 46.2 Å². The summed E-state index contributed by atoms with van der Waals surface area (Å²) in [5.74, 6) is -0.567. The zero-order valence-corrected chi connectivity index (χ0v) is 22.8. The molecule has 15 heteroatoms. The number of fused-ring (bicyclic) bond motifs is 1. The monoisotopic (exact) mass is 590 g/mol. The van der Waals surface area contributed by atoms with E-state index in [0.717, 1.165) is 0 Å². The van der Waals surface area contributed by atoms with Gasteiger partial charge in [0.25, 0.3) is 0 Å². The lowest BCUT2D eigenvalue weighted by atomic mass is 10.1. The smallest absolute Gasteiger partial charge is 0.234 e. The van der Waals surface area contributed by atoms with Crippen molar-refractivity contribution in [3.8, 4) is 6.07 Å². The number of sulfonamides is 1. The van der Waals surface area contributed by atoms with Gasteiger partial charge in [-0.05, 0) is 30.3 Å². The van der Waals surface area contributed by atoms with Gasteiger partial charge < -0.3 is 15.0 Å². The number of nitrogens with zero attached hydrogens (tertiary/aromatic N) is 7. The van der Waals surface area contributed by atoms with Crippen LogP contribution in [0.5, 0.6) is 0 Å². The summed E-state index contributed by atoms with van der Waals surface area (Å²) < 4.78 is 47.1. The molecule has 0 unspecified atom stereocenters. The molecule has 3 heterocycles. The van der Waals surface area contributed by atoms with Gasteiger partial charge in [0.2, 0.25) is 10.0 Å². The van der Waals surface area contributed by atoms with Gasteiger partial charge in [-0.2, -0.15) is 9.57 Å². The van der Waals surface area contributed by atoms with E-state index >= 15 is 0 Å². The van der Waals surface area contributed by atoms with Gasteiger partial charge >= 0.3 is 0 Å². The summed E-state index contributed by atoms with van der Waals surface area (Å²) in [5.41, 5.74) is 2.11. The van der Waals surface area contributed by atoms with Crippen molar-refractivity contribution in [3.63, 3.8) is 0 Å². The fourth-order valence-corrected chi connectivity index (χ4v) is 5.86. The molecule has 0 spiro atoms. The van der Waals surface area contributed by atoms with E-state index in [1.807, 2.05) is 0 Å². The lowest BCUT2D eigenvalue weighted by Gasteiger charge is -2.25. The predicted octanol–water partition coefficient (Wildman–Crippen LogP) is 4.27. The summed E-state index contributed by atoms with van der Waals surface area (Å²) in [6, 6.07) is 9.65. The van der Waals surface area contributed by atoms with Crippen molar-refractivity contribution in [2.24, 2.45) is 0 Å². The molecule has 202 valence electrons. The van der Waals surface area contributed by atoms with Crippen LogP contribution in [-0.2, 0) is 20.6 Å². The number of halogens is 3. The largest absolute Gasteiger partial charge is 0.379 e. The summed E-state index contributed by atoms with van der Waals surface area (Å²) in [6.07, 6.45) is 2.91. The van der Waals surface area contributed by atoms with Crippen LogP contribution in [0.25, 0.3) is 10.9 Å². The third kappa shape index (κ3) is 5.61. The van der Waals surface area contributed by atoms with Gasteiger partial charge in [0.15, 0.2) is 11.7 Å². The normalized spacial score (nSPS) is 14.3. The standard InChI is InChI=1S/C24H21Cl2FN8O3S/c1-33(22-13-34(32-31-22)14-39(36,37)35-4-6-38-7-5-35)17-9-18-23(30-16-2-3-21(27)19(25)8-16)15(11-28)12-29-24(18)20(26)10-17/h2-3,8-10,12-13H,4-7,14H2,1H3,(H,29,30). The fourth-order valence-electron chi connectivity index (χ4n) is 4.09. The molecule has 1 fully saturated rings. The molecule has 39 heavy (non-hydrogen) atoms. The first kappa shape index (κ1) is 27.0. The Morgan fingerprint density at radius 2 is 1.97 bits per heavy atom. The van der Waals surface area contributed by atoms with E-state index in [-0.39, 0.29) is 16.5 Å². The number of nitrogens with one attached hydrogen (secondary N) is 1. The van der Waals surface area contributed by atoms with Gasteiger partial charge in [-0.15, -0.1) is 5.10 Å². The fraction of sp³-hybridized carbons (Fsp3) is 0.250. The molecule has 0 aliphatic carbocycles. The Bertz CT molecular complexity index is 1700. The Balaban J connectivity index is 1.48. The Kier molecular flexibility index (Phi) is 7.57. The average Bonchev–Trinajstić information content (AvgIpc) is 3.38. The topological polar surface area (TPSA) is 129 Å². The molecule has 5 rings (SSSR count). The summed E-state index contributed by atoms with van der Waals surface area (Å²) in [7, 11) is -1.88. The van der Waals surface area contributed by atoms with Crippen LogP contribution in [0.3, 0.4) is 0 Å². The molecule has 1 aliphatic rings. The third-order valence-corrected chi connectivity index (χ3v) is 8.46. The number of hydrogen-bond acceptors (Lipinski definition) is 9. The first-order valence-electron chi connectivity index (χ1n) is 11.6. The number of benzene rings is 2. The Morgan fingerprint density at radius 3 is 2.69 bits per heavy atom. The average molecular weight is 591 g/mol. The van der Waals surface area contributed by atoms with Gasteiger partial charge in [0.1, 0.15) is 11.9 Å². The number of aromatic nitrogens is 4. The molecule has 2 aromatic carbocycles. The van der Waals surface area contributed by atoms with Crippen molar-refractivity contribution in [1.82, 2.24) is 24.3 Å².